The summed E-state index contributed by atoms with van der Waals surface area (Å²) in [6.07, 6.45) is 6.71. The molecule has 3 heteroatoms. The normalized spacial score (nSPS) is 13.8. The van der Waals surface area contributed by atoms with Gasteiger partial charge in [0.15, 0.2) is 8.07 Å². The summed E-state index contributed by atoms with van der Waals surface area (Å²) < 4.78 is 2.40. The van der Waals surface area contributed by atoms with Gasteiger partial charge in [-0.1, -0.05) is 225 Å². The lowest BCUT2D eigenvalue weighted by atomic mass is 9.95. The van der Waals surface area contributed by atoms with Crippen LogP contribution in [-0.4, -0.2) is 12.6 Å². The van der Waals surface area contributed by atoms with Crippen LogP contribution in [-0.2, 0) is 0 Å². The minimum absolute atomic E-state index is 0.965. The number of nitrogens with zero attached hydrogens (tertiary/aromatic N) is 2. The van der Waals surface area contributed by atoms with Gasteiger partial charge in [-0.15, -0.1) is 0 Å². The molecule has 0 atom stereocenters. The average Bonchev–Trinajstić information content (AvgIpc) is 3.79. The third kappa shape index (κ3) is 7.75. The molecule has 11 aromatic carbocycles. The Labute approximate surface area is 428 Å². The molecule has 2 nitrogen and oxygen atoms in total. The Kier molecular flexibility index (Phi) is 11.1. The van der Waals surface area contributed by atoms with Crippen molar-refractivity contribution in [1.29, 1.82) is 0 Å². The molecule has 0 unspecified atom stereocenters. The number of aromatic nitrogens is 1. The van der Waals surface area contributed by atoms with E-state index in [9.17, 15) is 0 Å². The largest absolute Gasteiger partial charge is 0.317 e. The van der Waals surface area contributed by atoms with Gasteiger partial charge in [0.25, 0.3) is 0 Å². The Morgan fingerprint density at radius 1 is 0.342 bits per heavy atom. The molecule has 0 aliphatic carbocycles. The molecule has 0 saturated carbocycles. The second kappa shape index (κ2) is 18.5. The maximum absolute atomic E-state index is 4.68. The van der Waals surface area contributed by atoms with Crippen molar-refractivity contribution < 1.29 is 0 Å². The van der Waals surface area contributed by atoms with Gasteiger partial charge >= 0.3 is 0 Å². The first kappa shape index (κ1) is 43.7. The van der Waals surface area contributed by atoms with Crippen LogP contribution in [0.3, 0.4) is 0 Å². The van der Waals surface area contributed by atoms with Gasteiger partial charge < -0.3 is 9.47 Å². The molecular weight excluding hydrogens is 897 g/mol. The quantitative estimate of drug-likeness (QED) is 0.103. The van der Waals surface area contributed by atoms with Crippen LogP contribution in [0.5, 0.6) is 0 Å². The van der Waals surface area contributed by atoms with Gasteiger partial charge in [-0.3, -0.25) is 0 Å². The topological polar surface area (TPSA) is 8.17 Å². The van der Waals surface area contributed by atoms with Crippen LogP contribution in [0.2, 0.25) is 0 Å². The van der Waals surface area contributed by atoms with Crippen LogP contribution in [0.15, 0.2) is 298 Å². The van der Waals surface area contributed by atoms with Crippen molar-refractivity contribution >= 4 is 83.9 Å². The summed E-state index contributed by atoms with van der Waals surface area (Å²) >= 11 is 0. The van der Waals surface area contributed by atoms with Crippen LogP contribution in [0.4, 0.5) is 11.4 Å². The van der Waals surface area contributed by atoms with E-state index in [2.05, 4.69) is 307 Å². The molecular formula is C70H50N2Si. The fraction of sp³-hybridized carbons (Fsp3) is 0. The molecule has 2 heterocycles. The molecule has 344 valence electrons. The number of rotatable bonds is 9. The lowest BCUT2D eigenvalue weighted by Gasteiger charge is -2.35. The monoisotopic (exact) mass is 946 g/mol. The van der Waals surface area contributed by atoms with E-state index in [4.69, 9.17) is 0 Å². The van der Waals surface area contributed by atoms with Crippen molar-refractivity contribution in [2.75, 3.05) is 4.90 Å². The van der Waals surface area contributed by atoms with Crippen molar-refractivity contribution in [2.24, 2.45) is 0 Å². The summed E-state index contributed by atoms with van der Waals surface area (Å²) in [7, 11) is -2.77. The molecule has 1 aromatic heterocycles. The number of para-hydroxylation sites is 2. The Morgan fingerprint density at radius 2 is 0.877 bits per heavy atom. The van der Waals surface area contributed by atoms with Gasteiger partial charge in [0.1, 0.15) is 0 Å². The van der Waals surface area contributed by atoms with Gasteiger partial charge in [-0.2, -0.15) is 0 Å². The molecule has 0 saturated heterocycles. The number of anilines is 2. The minimum atomic E-state index is -2.77. The molecule has 0 bridgehead atoms. The summed E-state index contributed by atoms with van der Waals surface area (Å²) in [6, 6.07) is 100. The Bertz CT molecular complexity index is 3980. The second-order valence-electron chi connectivity index (χ2n) is 19.0. The summed E-state index contributed by atoms with van der Waals surface area (Å²) in [6.45, 7) is 4.68. The average molecular weight is 947 g/mol. The summed E-state index contributed by atoms with van der Waals surface area (Å²) in [5, 5.41) is 10.3. The number of hydrogen-bond donors (Lipinski definition) is 0. The zero-order chi connectivity index (χ0) is 48.7. The van der Waals surface area contributed by atoms with Crippen molar-refractivity contribution in [3.8, 4) is 27.9 Å². The number of hydrogen-bond acceptors (Lipinski definition) is 1. The maximum Gasteiger partial charge on any atom is 0.179 e. The lowest BCUT2D eigenvalue weighted by Crippen LogP contribution is -2.74. The van der Waals surface area contributed by atoms with E-state index in [1.54, 1.807) is 0 Å². The molecule has 1 aliphatic rings. The third-order valence-electron chi connectivity index (χ3n) is 14.9. The highest BCUT2D eigenvalue weighted by atomic mass is 28.3. The van der Waals surface area contributed by atoms with Crippen LogP contribution < -0.4 is 25.6 Å². The predicted molar refractivity (Wildman–Crippen MR) is 314 cm³/mol. The molecule has 1 aliphatic heterocycles. The molecule has 0 fully saturated rings. The SMILES string of the molecule is C=C1/C=C(c2ccc(-c3ccc4c(c3)c3ccccc3n4-c3ccc(-c4ccc5ccccc5c4)cc3)cc2)\C=C/N(c2cccc([Si](c3ccccc3)(c3ccccc3)c3ccccc3)c2)c2ccccc21. The van der Waals surface area contributed by atoms with Gasteiger partial charge in [0.05, 0.1) is 16.7 Å². The molecule has 12 aromatic rings. The van der Waals surface area contributed by atoms with Crippen molar-refractivity contribution in [3.05, 3.63) is 309 Å². The standard InChI is InChI=1S/C70H50N2Si/c1-50-46-58(44-45-71(68-30-15-13-28-65(50)68)60-20-17-27-64(49-60)73(61-21-5-2-6-22-61,62-23-7-3-8-24-62)63-25-9-4-10-26-63)53-34-32-52(33-35-53)57-40-43-70-67(48-57)66-29-14-16-31-69(66)72(70)59-41-38-54(39-42-59)56-37-36-51-18-11-12-19-55(51)47-56/h2-49H,1H2/b45-44-,58-46+. The summed E-state index contributed by atoms with van der Waals surface area (Å²) in [4.78, 5) is 2.34. The predicted octanol–water partition coefficient (Wildman–Crippen LogP) is 15.4. The molecule has 0 N–H and O–H groups in total. The van der Waals surface area contributed by atoms with E-state index in [0.29, 0.717) is 0 Å². The van der Waals surface area contributed by atoms with Crippen molar-refractivity contribution in [1.82, 2.24) is 4.57 Å². The highest BCUT2D eigenvalue weighted by molar-refractivity contribution is 7.19. The first-order chi connectivity index (χ1) is 36.1. The molecule has 0 amide bonds. The first-order valence-electron chi connectivity index (χ1n) is 25.1. The van der Waals surface area contributed by atoms with Crippen molar-refractivity contribution in [2.45, 2.75) is 0 Å². The number of fused-ring (bicyclic) bond motifs is 5. The van der Waals surface area contributed by atoms with E-state index in [0.717, 1.165) is 39.3 Å². The zero-order valence-corrected chi connectivity index (χ0v) is 41.3. The van der Waals surface area contributed by atoms with Crippen LogP contribution in [0, 0.1) is 0 Å². The van der Waals surface area contributed by atoms with E-state index >= 15 is 0 Å². The van der Waals surface area contributed by atoms with E-state index in [1.165, 1.54) is 75.6 Å². The second-order valence-corrected chi connectivity index (χ2v) is 22.8. The fourth-order valence-corrected chi connectivity index (χ4v) is 16.1. The van der Waals surface area contributed by atoms with Gasteiger partial charge in [0, 0.05) is 33.9 Å². The Morgan fingerprint density at radius 3 is 1.59 bits per heavy atom. The van der Waals surface area contributed by atoms with Gasteiger partial charge in [0.2, 0.25) is 0 Å². The highest BCUT2D eigenvalue weighted by Gasteiger charge is 2.41. The first-order valence-corrected chi connectivity index (χ1v) is 27.1. The van der Waals surface area contributed by atoms with Crippen LogP contribution >= 0.6 is 0 Å². The van der Waals surface area contributed by atoms with E-state index < -0.39 is 8.07 Å². The zero-order valence-electron chi connectivity index (χ0n) is 40.3. The Hall–Kier alpha value is -9.28. The van der Waals surface area contributed by atoms with Crippen LogP contribution in [0.1, 0.15) is 11.1 Å². The number of allylic oxidation sites excluding steroid dienone is 4. The summed E-state index contributed by atoms with van der Waals surface area (Å²) in [5.41, 5.74) is 14.8. The smallest absolute Gasteiger partial charge is 0.179 e. The molecule has 13 rings (SSSR count). The van der Waals surface area contributed by atoms with E-state index in [-0.39, 0.29) is 0 Å². The molecule has 73 heavy (non-hydrogen) atoms. The fourth-order valence-electron chi connectivity index (χ4n) is 11.3. The van der Waals surface area contributed by atoms with E-state index in [1.807, 2.05) is 0 Å². The molecule has 0 radical (unpaired) electrons. The Balaban J connectivity index is 0.844. The van der Waals surface area contributed by atoms with Gasteiger partial charge in [-0.05, 0) is 137 Å². The van der Waals surface area contributed by atoms with Gasteiger partial charge in [-0.25, -0.2) is 0 Å². The maximum atomic E-state index is 4.68. The third-order valence-corrected chi connectivity index (χ3v) is 19.6. The highest BCUT2D eigenvalue weighted by Crippen LogP contribution is 2.39. The minimum Gasteiger partial charge on any atom is -0.317 e. The summed E-state index contributed by atoms with van der Waals surface area (Å²) in [5.74, 6) is 0. The lowest BCUT2D eigenvalue weighted by molar-refractivity contribution is 1.18. The molecule has 0 spiro atoms. The number of benzene rings is 11. The van der Waals surface area contributed by atoms with Crippen molar-refractivity contribution in [3.63, 3.8) is 0 Å². The van der Waals surface area contributed by atoms with Crippen LogP contribution in [0.25, 0.3) is 71.7 Å².